The first-order chi connectivity index (χ1) is 15.7. The molecule has 1 amide bonds. The molecule has 32 heavy (non-hydrogen) atoms. The van der Waals surface area contributed by atoms with Crippen molar-refractivity contribution in [1.82, 2.24) is 30.3 Å². The van der Waals surface area contributed by atoms with Gasteiger partial charge in [-0.05, 0) is 12.0 Å². The Hall–Kier alpha value is -3.60. The van der Waals surface area contributed by atoms with E-state index in [1.807, 2.05) is 35.2 Å². The number of morpholine rings is 1. The van der Waals surface area contributed by atoms with Crippen LogP contribution < -0.4 is 15.5 Å². The highest BCUT2D eigenvalue weighted by Gasteiger charge is 2.16. The summed E-state index contributed by atoms with van der Waals surface area (Å²) in [7, 11) is 0. The van der Waals surface area contributed by atoms with Crippen LogP contribution in [0, 0.1) is 5.82 Å². The molecule has 1 aliphatic rings. The molecule has 3 aromatic rings. The van der Waals surface area contributed by atoms with Gasteiger partial charge in [0.15, 0.2) is 11.6 Å². The smallest absolute Gasteiger partial charge is 0.241 e. The number of benzene rings is 1. The number of amides is 1. The van der Waals surface area contributed by atoms with Gasteiger partial charge in [-0.3, -0.25) is 4.79 Å². The third kappa shape index (κ3) is 5.97. The lowest BCUT2D eigenvalue weighted by molar-refractivity contribution is -0.121. The molecule has 1 saturated heterocycles. The standard InChI is InChI=1S/C21H25FN8O2/c22-18-13-25-21(29-8-10-32-11-9-29)26-20(18)24-12-17-14-30(28-27-17)15-19(31)23-7-6-16-4-2-1-3-5-16/h1-5,13-14H,6-12,15H2,(H,23,31)(H,24,25,26). The Morgan fingerprint density at radius 1 is 1.19 bits per heavy atom. The number of anilines is 2. The number of hydrogen-bond acceptors (Lipinski definition) is 8. The van der Waals surface area contributed by atoms with E-state index in [0.29, 0.717) is 44.5 Å². The molecule has 0 bridgehead atoms. The molecule has 1 aromatic carbocycles. The number of carbonyl (C=O) groups excluding carboxylic acids is 1. The van der Waals surface area contributed by atoms with Crippen molar-refractivity contribution in [1.29, 1.82) is 0 Å². The van der Waals surface area contributed by atoms with Crippen LogP contribution in [-0.2, 0) is 29.0 Å². The molecular formula is C21H25FN8O2. The summed E-state index contributed by atoms with van der Waals surface area (Å²) in [6.45, 7) is 3.32. The Morgan fingerprint density at radius 3 is 2.81 bits per heavy atom. The maximum Gasteiger partial charge on any atom is 0.241 e. The van der Waals surface area contributed by atoms with Gasteiger partial charge in [0.1, 0.15) is 12.2 Å². The summed E-state index contributed by atoms with van der Waals surface area (Å²) in [5.41, 5.74) is 1.73. The highest BCUT2D eigenvalue weighted by Crippen LogP contribution is 2.16. The monoisotopic (exact) mass is 440 g/mol. The second-order valence-corrected chi connectivity index (χ2v) is 7.31. The molecule has 168 valence electrons. The maximum absolute atomic E-state index is 14.1. The van der Waals surface area contributed by atoms with E-state index >= 15 is 0 Å². The SMILES string of the molecule is O=C(Cn1cc(CNc2nc(N3CCOCC3)ncc2F)nn1)NCCc1ccccc1. The Bertz CT molecular complexity index is 1020. The first-order valence-corrected chi connectivity index (χ1v) is 10.5. The highest BCUT2D eigenvalue weighted by molar-refractivity contribution is 5.75. The van der Waals surface area contributed by atoms with Crippen molar-refractivity contribution in [2.75, 3.05) is 43.1 Å². The van der Waals surface area contributed by atoms with Crippen molar-refractivity contribution in [3.05, 3.63) is 59.8 Å². The first kappa shape index (κ1) is 21.6. The number of halogens is 1. The second-order valence-electron chi connectivity index (χ2n) is 7.31. The zero-order valence-corrected chi connectivity index (χ0v) is 17.6. The largest absolute Gasteiger partial charge is 0.378 e. The van der Waals surface area contributed by atoms with Crippen LogP contribution >= 0.6 is 0 Å². The van der Waals surface area contributed by atoms with Crippen LogP contribution in [0.2, 0.25) is 0 Å². The van der Waals surface area contributed by atoms with Crippen LogP contribution in [-0.4, -0.2) is 63.7 Å². The van der Waals surface area contributed by atoms with Gasteiger partial charge in [0, 0.05) is 19.6 Å². The molecule has 0 unspecified atom stereocenters. The number of nitrogens with zero attached hydrogens (tertiary/aromatic N) is 6. The predicted molar refractivity (Wildman–Crippen MR) is 116 cm³/mol. The van der Waals surface area contributed by atoms with Crippen molar-refractivity contribution in [3.8, 4) is 0 Å². The van der Waals surface area contributed by atoms with Crippen LogP contribution in [0.15, 0.2) is 42.7 Å². The molecule has 0 radical (unpaired) electrons. The van der Waals surface area contributed by atoms with Gasteiger partial charge in [-0.25, -0.2) is 14.1 Å². The normalized spacial score (nSPS) is 13.7. The predicted octanol–water partition coefficient (Wildman–Crippen LogP) is 1.01. The number of nitrogens with one attached hydrogen (secondary N) is 2. The van der Waals surface area contributed by atoms with Gasteiger partial charge in [-0.2, -0.15) is 4.98 Å². The molecule has 3 heterocycles. The van der Waals surface area contributed by atoms with E-state index in [9.17, 15) is 9.18 Å². The average Bonchev–Trinajstić information content (AvgIpc) is 3.27. The van der Waals surface area contributed by atoms with Crippen molar-refractivity contribution in [3.63, 3.8) is 0 Å². The van der Waals surface area contributed by atoms with Crippen molar-refractivity contribution < 1.29 is 13.9 Å². The van der Waals surface area contributed by atoms with E-state index in [-0.39, 0.29) is 24.8 Å². The minimum Gasteiger partial charge on any atom is -0.378 e. The van der Waals surface area contributed by atoms with Gasteiger partial charge < -0.3 is 20.3 Å². The van der Waals surface area contributed by atoms with E-state index in [1.165, 1.54) is 4.68 Å². The lowest BCUT2D eigenvalue weighted by Gasteiger charge is -2.26. The van der Waals surface area contributed by atoms with Crippen LogP contribution in [0.4, 0.5) is 16.2 Å². The second kappa shape index (κ2) is 10.6. The lowest BCUT2D eigenvalue weighted by Crippen LogP contribution is -2.37. The summed E-state index contributed by atoms with van der Waals surface area (Å²) in [5, 5.41) is 13.8. The molecule has 0 atom stereocenters. The molecule has 1 fully saturated rings. The Labute approximate surface area is 184 Å². The molecule has 4 rings (SSSR count). The summed E-state index contributed by atoms with van der Waals surface area (Å²) in [6, 6.07) is 9.94. The van der Waals surface area contributed by atoms with Crippen LogP contribution in [0.3, 0.4) is 0 Å². The van der Waals surface area contributed by atoms with E-state index in [4.69, 9.17) is 4.74 Å². The van der Waals surface area contributed by atoms with Crippen LogP contribution in [0.25, 0.3) is 0 Å². The molecule has 0 saturated carbocycles. The zero-order chi connectivity index (χ0) is 22.2. The number of ether oxygens (including phenoxy) is 1. The Morgan fingerprint density at radius 2 is 2.00 bits per heavy atom. The summed E-state index contributed by atoms with van der Waals surface area (Å²) in [6.07, 6.45) is 3.55. The first-order valence-electron chi connectivity index (χ1n) is 10.5. The molecular weight excluding hydrogens is 415 g/mol. The van der Waals surface area contributed by atoms with E-state index in [0.717, 1.165) is 18.2 Å². The maximum atomic E-state index is 14.1. The average molecular weight is 440 g/mol. The fourth-order valence-corrected chi connectivity index (χ4v) is 3.26. The van der Waals surface area contributed by atoms with E-state index < -0.39 is 5.82 Å². The summed E-state index contributed by atoms with van der Waals surface area (Å²) >= 11 is 0. The van der Waals surface area contributed by atoms with Gasteiger partial charge in [0.2, 0.25) is 11.9 Å². The minimum absolute atomic E-state index is 0.0604. The topological polar surface area (TPSA) is 110 Å². The lowest BCUT2D eigenvalue weighted by atomic mass is 10.1. The molecule has 10 nitrogen and oxygen atoms in total. The Kier molecular flexibility index (Phi) is 7.18. The third-order valence-electron chi connectivity index (χ3n) is 4.93. The molecule has 2 aromatic heterocycles. The number of rotatable bonds is 9. The summed E-state index contributed by atoms with van der Waals surface area (Å²) in [4.78, 5) is 22.4. The van der Waals surface area contributed by atoms with Crippen molar-refractivity contribution in [2.45, 2.75) is 19.5 Å². The van der Waals surface area contributed by atoms with E-state index in [1.54, 1.807) is 6.20 Å². The number of aromatic nitrogens is 5. The number of hydrogen-bond donors (Lipinski definition) is 2. The van der Waals surface area contributed by atoms with Gasteiger partial charge in [0.05, 0.1) is 32.2 Å². The van der Waals surface area contributed by atoms with Crippen molar-refractivity contribution >= 4 is 17.7 Å². The molecule has 11 heteroatoms. The minimum atomic E-state index is -0.549. The Balaban J connectivity index is 1.25. The molecule has 0 aliphatic carbocycles. The zero-order valence-electron chi connectivity index (χ0n) is 17.6. The fourth-order valence-electron chi connectivity index (χ4n) is 3.26. The van der Waals surface area contributed by atoms with Gasteiger partial charge in [0.25, 0.3) is 0 Å². The summed E-state index contributed by atoms with van der Waals surface area (Å²) in [5.74, 6) is -0.155. The molecule has 0 spiro atoms. The van der Waals surface area contributed by atoms with Gasteiger partial charge in [-0.1, -0.05) is 35.5 Å². The molecule has 2 N–H and O–H groups in total. The van der Waals surface area contributed by atoms with Crippen molar-refractivity contribution in [2.24, 2.45) is 0 Å². The van der Waals surface area contributed by atoms with Gasteiger partial charge in [-0.15, -0.1) is 5.10 Å². The van der Waals surface area contributed by atoms with E-state index in [2.05, 4.69) is 30.9 Å². The van der Waals surface area contributed by atoms with Crippen LogP contribution in [0.5, 0.6) is 0 Å². The number of carbonyl (C=O) groups is 1. The molecule has 1 aliphatic heterocycles. The quantitative estimate of drug-likeness (QED) is 0.508. The van der Waals surface area contributed by atoms with Crippen LogP contribution in [0.1, 0.15) is 11.3 Å². The summed E-state index contributed by atoms with van der Waals surface area (Å²) < 4.78 is 20.9. The fraction of sp³-hybridized carbons (Fsp3) is 0.381. The van der Waals surface area contributed by atoms with Gasteiger partial charge >= 0.3 is 0 Å². The third-order valence-corrected chi connectivity index (χ3v) is 4.93. The highest BCUT2D eigenvalue weighted by atomic mass is 19.1.